The summed E-state index contributed by atoms with van der Waals surface area (Å²) in [6.07, 6.45) is 10.4. The van der Waals surface area contributed by atoms with Gasteiger partial charge in [-0.3, -0.25) is 0 Å². The van der Waals surface area contributed by atoms with Gasteiger partial charge in [-0.05, 0) is 30.9 Å². The van der Waals surface area contributed by atoms with Crippen LogP contribution in [0.3, 0.4) is 0 Å². The van der Waals surface area contributed by atoms with Crippen LogP contribution in [0.1, 0.15) is 51.9 Å². The predicted octanol–water partition coefficient (Wildman–Crippen LogP) is 4.02. The second-order valence-corrected chi connectivity index (χ2v) is 6.12. The Kier molecular flexibility index (Phi) is 4.58. The highest BCUT2D eigenvalue weighted by Gasteiger charge is 2.18. The van der Waals surface area contributed by atoms with Crippen LogP contribution in [0.4, 0.5) is 5.82 Å². The van der Waals surface area contributed by atoms with E-state index in [1.807, 2.05) is 6.33 Å². The Morgan fingerprint density at radius 2 is 2.10 bits per heavy atom. The Labute approximate surface area is 130 Å². The molecule has 6 heteroatoms. The second kappa shape index (κ2) is 6.60. The molecule has 0 amide bonds. The molecule has 1 saturated carbocycles. The first-order valence-corrected chi connectivity index (χ1v) is 8.30. The molecule has 2 aromatic rings. The average Bonchev–Trinajstić information content (AvgIpc) is 2.89. The lowest BCUT2D eigenvalue weighted by Gasteiger charge is -2.23. The van der Waals surface area contributed by atoms with Crippen molar-refractivity contribution in [2.24, 2.45) is 0 Å². The third kappa shape index (κ3) is 3.28. The third-order valence-corrected chi connectivity index (χ3v) is 4.31. The van der Waals surface area contributed by atoms with Gasteiger partial charge in [-0.25, -0.2) is 4.98 Å². The largest absolute Gasteiger partial charge is 0.365 e. The molecule has 0 spiro atoms. The fraction of sp³-hybridized carbons (Fsp3) is 0.667. The third-order valence-electron chi connectivity index (χ3n) is 4.14. The number of unbranched alkanes of at least 4 members (excludes halogenated alkanes) is 1. The molecule has 0 atom stereocenters. The van der Waals surface area contributed by atoms with Gasteiger partial charge in [-0.2, -0.15) is 9.97 Å². The number of fused-ring (bicyclic) bond motifs is 1. The van der Waals surface area contributed by atoms with Gasteiger partial charge in [0.1, 0.15) is 5.52 Å². The summed E-state index contributed by atoms with van der Waals surface area (Å²) in [5.74, 6) is 0.838. The number of nitrogens with zero attached hydrogens (tertiary/aromatic N) is 4. The first-order chi connectivity index (χ1) is 10.3. The van der Waals surface area contributed by atoms with Crippen molar-refractivity contribution in [2.45, 2.75) is 64.5 Å². The van der Waals surface area contributed by atoms with Crippen LogP contribution >= 0.6 is 11.6 Å². The molecule has 2 heterocycles. The molecule has 0 unspecified atom stereocenters. The highest BCUT2D eigenvalue weighted by Crippen LogP contribution is 2.26. The van der Waals surface area contributed by atoms with Crippen LogP contribution in [-0.2, 0) is 6.54 Å². The van der Waals surface area contributed by atoms with Crippen molar-refractivity contribution in [1.29, 1.82) is 0 Å². The number of hydrogen-bond acceptors (Lipinski definition) is 4. The van der Waals surface area contributed by atoms with Crippen molar-refractivity contribution in [3.8, 4) is 0 Å². The Hall–Kier alpha value is -1.36. The zero-order valence-electron chi connectivity index (χ0n) is 12.5. The summed E-state index contributed by atoms with van der Waals surface area (Å²) in [7, 11) is 0. The van der Waals surface area contributed by atoms with Crippen LogP contribution < -0.4 is 5.32 Å². The summed E-state index contributed by atoms with van der Waals surface area (Å²) >= 11 is 6.04. The monoisotopic (exact) mass is 307 g/mol. The van der Waals surface area contributed by atoms with Crippen LogP contribution in [0.25, 0.3) is 11.2 Å². The van der Waals surface area contributed by atoms with Gasteiger partial charge in [-0.15, -0.1) is 0 Å². The lowest BCUT2D eigenvalue weighted by molar-refractivity contribution is 0.462. The second-order valence-electron chi connectivity index (χ2n) is 5.78. The average molecular weight is 308 g/mol. The maximum Gasteiger partial charge on any atom is 0.226 e. The van der Waals surface area contributed by atoms with Crippen LogP contribution in [0, 0.1) is 0 Å². The minimum absolute atomic E-state index is 0.265. The van der Waals surface area contributed by atoms with E-state index in [-0.39, 0.29) is 5.28 Å². The van der Waals surface area contributed by atoms with E-state index in [1.54, 1.807) is 0 Å². The number of aromatic nitrogens is 4. The van der Waals surface area contributed by atoms with Crippen molar-refractivity contribution >= 4 is 28.6 Å². The quantitative estimate of drug-likeness (QED) is 0.848. The molecule has 114 valence electrons. The molecule has 0 aromatic carbocycles. The summed E-state index contributed by atoms with van der Waals surface area (Å²) in [5.41, 5.74) is 1.67. The minimum atomic E-state index is 0.265. The standard InChI is InChI=1S/C15H22ClN5/c1-2-3-9-21-10-17-13-12(21)14(20-15(16)19-13)18-11-7-5-4-6-8-11/h10-11H,2-9H2,1H3,(H,18,19,20). The molecule has 0 bridgehead atoms. The first kappa shape index (κ1) is 14.6. The molecular weight excluding hydrogens is 286 g/mol. The van der Waals surface area contributed by atoms with Crippen molar-refractivity contribution in [3.63, 3.8) is 0 Å². The van der Waals surface area contributed by atoms with E-state index in [4.69, 9.17) is 11.6 Å². The molecule has 3 rings (SSSR count). The molecule has 0 saturated heterocycles. The molecule has 1 fully saturated rings. The molecule has 2 aromatic heterocycles. The first-order valence-electron chi connectivity index (χ1n) is 7.93. The van der Waals surface area contributed by atoms with E-state index in [9.17, 15) is 0 Å². The van der Waals surface area contributed by atoms with Gasteiger partial charge < -0.3 is 9.88 Å². The highest BCUT2D eigenvalue weighted by molar-refractivity contribution is 6.28. The van der Waals surface area contributed by atoms with Gasteiger partial charge in [0.2, 0.25) is 5.28 Å². The number of imidazole rings is 1. The molecule has 21 heavy (non-hydrogen) atoms. The van der Waals surface area contributed by atoms with E-state index >= 15 is 0 Å². The summed E-state index contributed by atoms with van der Waals surface area (Å²) in [6, 6.07) is 0.488. The van der Waals surface area contributed by atoms with Gasteiger partial charge in [0, 0.05) is 12.6 Å². The summed E-state index contributed by atoms with van der Waals surface area (Å²) in [6.45, 7) is 3.13. The number of aryl methyl sites for hydroxylation is 1. The van der Waals surface area contributed by atoms with Gasteiger partial charge in [0.15, 0.2) is 11.5 Å². The maximum atomic E-state index is 6.04. The van der Waals surface area contributed by atoms with Crippen LogP contribution in [0.15, 0.2) is 6.33 Å². The van der Waals surface area contributed by atoms with Crippen LogP contribution in [-0.4, -0.2) is 25.6 Å². The number of halogens is 1. The van der Waals surface area contributed by atoms with Crippen molar-refractivity contribution < 1.29 is 0 Å². The zero-order valence-corrected chi connectivity index (χ0v) is 13.2. The number of nitrogens with one attached hydrogen (secondary N) is 1. The smallest absolute Gasteiger partial charge is 0.226 e. The summed E-state index contributed by atoms with van der Waals surface area (Å²) in [5, 5.41) is 3.84. The van der Waals surface area contributed by atoms with Crippen LogP contribution in [0.5, 0.6) is 0 Å². The molecule has 0 radical (unpaired) electrons. The van der Waals surface area contributed by atoms with Crippen molar-refractivity contribution in [2.75, 3.05) is 5.32 Å². The SMILES string of the molecule is CCCCn1cnc2nc(Cl)nc(NC3CCCCC3)c21. The number of rotatable bonds is 5. The maximum absolute atomic E-state index is 6.04. The fourth-order valence-corrected chi connectivity index (χ4v) is 3.16. The van der Waals surface area contributed by atoms with Gasteiger partial charge in [0.05, 0.1) is 6.33 Å². The molecule has 1 aliphatic rings. The molecule has 1 N–H and O–H groups in total. The Morgan fingerprint density at radius 3 is 2.86 bits per heavy atom. The van der Waals surface area contributed by atoms with Crippen LogP contribution in [0.2, 0.25) is 5.28 Å². The lowest BCUT2D eigenvalue weighted by atomic mass is 9.95. The summed E-state index contributed by atoms with van der Waals surface area (Å²) in [4.78, 5) is 13.0. The van der Waals surface area contributed by atoms with E-state index in [0.29, 0.717) is 11.7 Å². The van der Waals surface area contributed by atoms with E-state index < -0.39 is 0 Å². The van der Waals surface area contributed by atoms with Gasteiger partial charge >= 0.3 is 0 Å². The summed E-state index contributed by atoms with van der Waals surface area (Å²) < 4.78 is 2.14. The number of hydrogen-bond donors (Lipinski definition) is 1. The van der Waals surface area contributed by atoms with Gasteiger partial charge in [-0.1, -0.05) is 32.6 Å². The molecule has 5 nitrogen and oxygen atoms in total. The zero-order chi connectivity index (χ0) is 14.7. The van der Waals surface area contributed by atoms with Crippen molar-refractivity contribution in [3.05, 3.63) is 11.6 Å². The van der Waals surface area contributed by atoms with Gasteiger partial charge in [0.25, 0.3) is 0 Å². The predicted molar refractivity (Wildman–Crippen MR) is 85.7 cm³/mol. The van der Waals surface area contributed by atoms with E-state index in [0.717, 1.165) is 30.7 Å². The minimum Gasteiger partial charge on any atom is -0.365 e. The fourth-order valence-electron chi connectivity index (χ4n) is 2.99. The Bertz CT molecular complexity index is 603. The highest BCUT2D eigenvalue weighted by atomic mass is 35.5. The Morgan fingerprint density at radius 1 is 1.29 bits per heavy atom. The molecular formula is C15H22ClN5. The molecule has 1 aliphatic carbocycles. The topological polar surface area (TPSA) is 55.6 Å². The van der Waals surface area contributed by atoms with E-state index in [1.165, 1.54) is 32.1 Å². The van der Waals surface area contributed by atoms with Crippen molar-refractivity contribution in [1.82, 2.24) is 19.5 Å². The Balaban J connectivity index is 1.92. The van der Waals surface area contributed by atoms with E-state index in [2.05, 4.69) is 31.8 Å². The lowest BCUT2D eigenvalue weighted by Crippen LogP contribution is -2.23. The number of anilines is 1. The normalized spacial score (nSPS) is 16.5. The molecule has 0 aliphatic heterocycles.